The molecule has 0 atom stereocenters. The highest BCUT2D eigenvalue weighted by Gasteiger charge is 2.00. The average molecular weight is 141 g/mol. The quantitative estimate of drug-likeness (QED) is 0.460. The predicted molar refractivity (Wildman–Crippen MR) is 34.2 cm³/mol. The van der Waals surface area contributed by atoms with Crippen LogP contribution in [0, 0.1) is 5.95 Å². The Balaban J connectivity index is 2.81. The maximum absolute atomic E-state index is 12.4. The SMILES string of the molecule is OBOc1cccnc1F. The van der Waals surface area contributed by atoms with Gasteiger partial charge in [0, 0.05) is 6.20 Å². The highest BCUT2D eigenvalue weighted by atomic mass is 19.1. The zero-order chi connectivity index (χ0) is 7.40. The van der Waals surface area contributed by atoms with Crippen LogP contribution < -0.4 is 4.65 Å². The maximum atomic E-state index is 12.4. The lowest BCUT2D eigenvalue weighted by atomic mass is 10.4. The first kappa shape index (κ1) is 7.02. The van der Waals surface area contributed by atoms with E-state index in [1.165, 1.54) is 18.3 Å². The Morgan fingerprint density at radius 3 is 3.10 bits per heavy atom. The molecule has 0 unspecified atom stereocenters. The van der Waals surface area contributed by atoms with Crippen molar-refractivity contribution in [1.82, 2.24) is 4.98 Å². The Labute approximate surface area is 57.8 Å². The molecule has 0 aliphatic heterocycles. The molecule has 1 N–H and O–H groups in total. The Morgan fingerprint density at radius 1 is 1.70 bits per heavy atom. The molecule has 0 bridgehead atoms. The zero-order valence-electron chi connectivity index (χ0n) is 5.12. The molecule has 0 saturated heterocycles. The molecule has 3 nitrogen and oxygen atoms in total. The van der Waals surface area contributed by atoms with E-state index in [1.807, 2.05) is 0 Å². The van der Waals surface area contributed by atoms with E-state index < -0.39 is 13.6 Å². The van der Waals surface area contributed by atoms with E-state index in [2.05, 4.69) is 9.64 Å². The van der Waals surface area contributed by atoms with Gasteiger partial charge in [-0.2, -0.15) is 4.39 Å². The smallest absolute Gasteiger partial charge is 0.504 e. The van der Waals surface area contributed by atoms with Crippen molar-refractivity contribution in [3.63, 3.8) is 0 Å². The number of nitrogens with zero attached hydrogens (tertiary/aromatic N) is 1. The number of pyridine rings is 1. The number of rotatable bonds is 2. The van der Waals surface area contributed by atoms with E-state index in [-0.39, 0.29) is 5.75 Å². The van der Waals surface area contributed by atoms with Crippen molar-refractivity contribution in [2.75, 3.05) is 0 Å². The first-order valence-corrected chi connectivity index (χ1v) is 2.69. The number of hydrogen-bond acceptors (Lipinski definition) is 3. The molecule has 0 amide bonds. The van der Waals surface area contributed by atoms with Crippen molar-refractivity contribution in [3.8, 4) is 5.75 Å². The molecule has 1 rings (SSSR count). The maximum Gasteiger partial charge on any atom is 0.504 e. The van der Waals surface area contributed by atoms with Gasteiger partial charge in [-0.1, -0.05) is 0 Å². The van der Waals surface area contributed by atoms with Crippen molar-refractivity contribution in [2.24, 2.45) is 0 Å². The summed E-state index contributed by atoms with van der Waals surface area (Å²) >= 11 is 0. The summed E-state index contributed by atoms with van der Waals surface area (Å²) in [6.07, 6.45) is 1.31. The van der Waals surface area contributed by atoms with Crippen LogP contribution in [0.2, 0.25) is 0 Å². The summed E-state index contributed by atoms with van der Waals surface area (Å²) in [5, 5.41) is 8.23. The van der Waals surface area contributed by atoms with Gasteiger partial charge in [0.05, 0.1) is 0 Å². The molecule has 0 aliphatic carbocycles. The summed E-state index contributed by atoms with van der Waals surface area (Å²) in [5.41, 5.74) is 0. The molecule has 0 fully saturated rings. The van der Waals surface area contributed by atoms with Gasteiger partial charge in [0.25, 0.3) is 5.95 Å². The molecule has 0 spiro atoms. The first-order chi connectivity index (χ1) is 4.84. The largest absolute Gasteiger partial charge is 0.536 e. The van der Waals surface area contributed by atoms with E-state index in [4.69, 9.17) is 5.02 Å². The van der Waals surface area contributed by atoms with Crippen LogP contribution in [0.15, 0.2) is 18.3 Å². The number of hydrogen-bond donors (Lipinski definition) is 1. The molecule has 1 aromatic heterocycles. The van der Waals surface area contributed by atoms with Gasteiger partial charge in [-0.05, 0) is 12.1 Å². The lowest BCUT2D eigenvalue weighted by molar-refractivity contribution is 0.423. The van der Waals surface area contributed by atoms with Crippen molar-refractivity contribution >= 4 is 7.69 Å². The standard InChI is InChI=1S/C5H5BFNO2/c7-5-4(10-6-9)2-1-3-8-5/h1-3,6,9H. The van der Waals surface area contributed by atoms with Gasteiger partial charge < -0.3 is 9.68 Å². The average Bonchev–Trinajstić information content (AvgIpc) is 1.94. The third-order valence-corrected chi connectivity index (χ3v) is 0.945. The van der Waals surface area contributed by atoms with Crippen LogP contribution in [0.3, 0.4) is 0 Å². The minimum Gasteiger partial charge on any atom is -0.536 e. The molecule has 52 valence electrons. The summed E-state index contributed by atoms with van der Waals surface area (Å²) < 4.78 is 16.9. The number of aromatic nitrogens is 1. The minimum absolute atomic E-state index is 0.0370. The van der Waals surface area contributed by atoms with Gasteiger partial charge in [0.15, 0.2) is 5.75 Å². The van der Waals surface area contributed by atoms with Gasteiger partial charge in [0.2, 0.25) is 0 Å². The fourth-order valence-electron chi connectivity index (χ4n) is 0.548. The fourth-order valence-corrected chi connectivity index (χ4v) is 0.548. The molecule has 0 saturated carbocycles. The second-order valence-corrected chi connectivity index (χ2v) is 1.57. The molecule has 10 heavy (non-hydrogen) atoms. The van der Waals surface area contributed by atoms with E-state index >= 15 is 0 Å². The van der Waals surface area contributed by atoms with Gasteiger partial charge in [-0.3, -0.25) is 0 Å². The second kappa shape index (κ2) is 3.17. The molecular formula is C5H5BFNO2. The lowest BCUT2D eigenvalue weighted by Crippen LogP contribution is -2.02. The Bertz CT molecular complexity index is 221. The Kier molecular flexibility index (Phi) is 2.22. The molecule has 1 heterocycles. The summed E-state index contributed by atoms with van der Waals surface area (Å²) in [7, 11) is -0.539. The van der Waals surface area contributed by atoms with E-state index in [1.54, 1.807) is 0 Å². The molecule has 1 aromatic rings. The van der Waals surface area contributed by atoms with Crippen molar-refractivity contribution in [2.45, 2.75) is 0 Å². The third-order valence-electron chi connectivity index (χ3n) is 0.945. The van der Waals surface area contributed by atoms with Crippen LogP contribution in [0.25, 0.3) is 0 Å². The first-order valence-electron chi connectivity index (χ1n) is 2.69. The van der Waals surface area contributed by atoms with Gasteiger partial charge in [0.1, 0.15) is 0 Å². The van der Waals surface area contributed by atoms with Gasteiger partial charge >= 0.3 is 7.69 Å². The molecule has 0 aromatic carbocycles. The monoisotopic (exact) mass is 141 g/mol. The van der Waals surface area contributed by atoms with Crippen molar-refractivity contribution < 1.29 is 14.1 Å². The summed E-state index contributed by atoms with van der Waals surface area (Å²) in [6, 6.07) is 2.91. The van der Waals surface area contributed by atoms with Crippen LogP contribution in [0.5, 0.6) is 5.75 Å². The van der Waals surface area contributed by atoms with Crippen LogP contribution in [-0.2, 0) is 0 Å². The van der Waals surface area contributed by atoms with Gasteiger partial charge in [-0.15, -0.1) is 0 Å². The summed E-state index contributed by atoms with van der Waals surface area (Å²) in [4.78, 5) is 3.29. The summed E-state index contributed by atoms with van der Waals surface area (Å²) in [5.74, 6) is -0.749. The summed E-state index contributed by atoms with van der Waals surface area (Å²) in [6.45, 7) is 0. The molecular weight excluding hydrogens is 136 g/mol. The molecule has 5 heteroatoms. The van der Waals surface area contributed by atoms with Crippen LogP contribution in [0.1, 0.15) is 0 Å². The molecule has 0 radical (unpaired) electrons. The topological polar surface area (TPSA) is 42.4 Å². The lowest BCUT2D eigenvalue weighted by Gasteiger charge is -1.99. The second-order valence-electron chi connectivity index (χ2n) is 1.57. The molecule has 0 aliphatic rings. The van der Waals surface area contributed by atoms with Gasteiger partial charge in [-0.25, -0.2) is 4.98 Å². The minimum atomic E-state index is -0.712. The van der Waals surface area contributed by atoms with Crippen LogP contribution in [0.4, 0.5) is 4.39 Å². The normalized spacial score (nSPS) is 9.00. The fraction of sp³-hybridized carbons (Fsp3) is 0. The van der Waals surface area contributed by atoms with E-state index in [0.717, 1.165) is 0 Å². The zero-order valence-corrected chi connectivity index (χ0v) is 5.12. The Hall–Kier alpha value is -1.10. The van der Waals surface area contributed by atoms with E-state index in [9.17, 15) is 4.39 Å². The highest BCUT2D eigenvalue weighted by Crippen LogP contribution is 2.11. The van der Waals surface area contributed by atoms with Crippen molar-refractivity contribution in [1.29, 1.82) is 0 Å². The Morgan fingerprint density at radius 2 is 2.50 bits per heavy atom. The highest BCUT2D eigenvalue weighted by molar-refractivity contribution is 6.17. The van der Waals surface area contributed by atoms with E-state index in [0.29, 0.717) is 0 Å². The predicted octanol–water partition coefficient (Wildman–Crippen LogP) is -0.142. The third kappa shape index (κ3) is 1.45. The van der Waals surface area contributed by atoms with Crippen LogP contribution >= 0.6 is 0 Å². The van der Waals surface area contributed by atoms with Crippen molar-refractivity contribution in [3.05, 3.63) is 24.3 Å². The van der Waals surface area contributed by atoms with Crippen LogP contribution in [-0.4, -0.2) is 17.7 Å². The number of halogens is 1.